The summed E-state index contributed by atoms with van der Waals surface area (Å²) in [6, 6.07) is 11.0. The molecule has 0 aliphatic carbocycles. The number of nitrogens with zero attached hydrogens (tertiary/aromatic N) is 2. The molecular weight excluding hydrogens is 418 g/mol. The molecular formula is C24H24F2N2O2S. The molecule has 4 nitrogen and oxygen atoms in total. The van der Waals surface area contributed by atoms with Gasteiger partial charge in [-0.1, -0.05) is 24.3 Å². The van der Waals surface area contributed by atoms with Gasteiger partial charge in [0.2, 0.25) is 0 Å². The lowest BCUT2D eigenvalue weighted by molar-refractivity contribution is -0.0228. The number of carbonyl (C=O) groups is 1. The molecule has 1 aliphatic rings. The van der Waals surface area contributed by atoms with Crippen molar-refractivity contribution >= 4 is 17.2 Å². The monoisotopic (exact) mass is 442 g/mol. The highest BCUT2D eigenvalue weighted by atomic mass is 32.1. The number of thiazole rings is 1. The number of ether oxygens (including phenoxy) is 1. The van der Waals surface area contributed by atoms with E-state index in [0.717, 1.165) is 29.3 Å². The summed E-state index contributed by atoms with van der Waals surface area (Å²) in [5, 5.41) is 0. The lowest BCUT2D eigenvalue weighted by atomic mass is 9.90. The second kappa shape index (κ2) is 9.24. The zero-order chi connectivity index (χ0) is 22.0. The van der Waals surface area contributed by atoms with Crippen LogP contribution in [-0.2, 0) is 4.74 Å². The second-order valence-corrected chi connectivity index (χ2v) is 8.50. The van der Waals surface area contributed by atoms with Crippen LogP contribution in [0.2, 0.25) is 0 Å². The number of hydrogen-bond donors (Lipinski definition) is 0. The zero-order valence-corrected chi connectivity index (χ0v) is 18.3. The fourth-order valence-electron chi connectivity index (χ4n) is 4.23. The van der Waals surface area contributed by atoms with Crippen LogP contribution in [0, 0.1) is 18.6 Å². The molecule has 0 unspecified atom stereocenters. The minimum atomic E-state index is -0.616. The number of aryl methyl sites for hydroxylation is 1. The number of halogens is 2. The van der Waals surface area contributed by atoms with Crippen LogP contribution >= 0.6 is 11.3 Å². The number of carbonyl (C=O) groups excluding carboxylic acids is 1. The van der Waals surface area contributed by atoms with Crippen LogP contribution in [-0.4, -0.2) is 35.0 Å². The highest BCUT2D eigenvalue weighted by molar-refractivity contribution is 7.11. The minimum Gasteiger partial charge on any atom is -0.373 e. The van der Waals surface area contributed by atoms with Gasteiger partial charge in [0, 0.05) is 25.3 Å². The van der Waals surface area contributed by atoms with E-state index in [0.29, 0.717) is 30.0 Å². The van der Waals surface area contributed by atoms with Gasteiger partial charge in [-0.05, 0) is 55.5 Å². The van der Waals surface area contributed by atoms with Crippen molar-refractivity contribution in [3.05, 3.63) is 75.7 Å². The molecule has 2 aromatic carbocycles. The van der Waals surface area contributed by atoms with Crippen LogP contribution in [0.5, 0.6) is 0 Å². The van der Waals surface area contributed by atoms with Gasteiger partial charge in [-0.15, -0.1) is 11.3 Å². The molecule has 0 saturated carbocycles. The minimum absolute atomic E-state index is 0.00589. The normalized spacial score (nSPS) is 18.7. The van der Waals surface area contributed by atoms with E-state index in [2.05, 4.69) is 4.98 Å². The molecule has 2 heterocycles. The zero-order valence-electron chi connectivity index (χ0n) is 17.5. The molecule has 1 aromatic heterocycles. The highest BCUT2D eigenvalue weighted by Crippen LogP contribution is 2.37. The van der Waals surface area contributed by atoms with Crippen molar-refractivity contribution < 1.29 is 18.3 Å². The van der Waals surface area contributed by atoms with E-state index in [1.54, 1.807) is 5.51 Å². The summed E-state index contributed by atoms with van der Waals surface area (Å²) >= 11 is 1.36. The first-order valence-electron chi connectivity index (χ1n) is 10.4. The summed E-state index contributed by atoms with van der Waals surface area (Å²) in [7, 11) is 0. The van der Waals surface area contributed by atoms with Gasteiger partial charge in [-0.2, -0.15) is 0 Å². The van der Waals surface area contributed by atoms with Gasteiger partial charge in [-0.25, -0.2) is 13.8 Å². The molecule has 31 heavy (non-hydrogen) atoms. The molecule has 7 heteroatoms. The number of aromatic nitrogens is 1. The molecule has 2 atom stereocenters. The molecule has 3 aromatic rings. The van der Waals surface area contributed by atoms with Gasteiger partial charge in [0.25, 0.3) is 5.91 Å². The van der Waals surface area contributed by atoms with E-state index in [1.807, 2.05) is 43.0 Å². The van der Waals surface area contributed by atoms with Crippen molar-refractivity contribution in [2.75, 3.05) is 13.2 Å². The Hall–Kier alpha value is -2.64. The largest absolute Gasteiger partial charge is 0.373 e. The Balaban J connectivity index is 1.62. The van der Waals surface area contributed by atoms with Gasteiger partial charge < -0.3 is 9.64 Å². The molecule has 4 rings (SSSR count). The molecule has 1 fully saturated rings. The fraction of sp³-hybridized carbons (Fsp3) is 0.333. The molecule has 1 saturated heterocycles. The predicted octanol–water partition coefficient (Wildman–Crippen LogP) is 5.78. The van der Waals surface area contributed by atoms with Crippen LogP contribution in [0.3, 0.4) is 0 Å². The summed E-state index contributed by atoms with van der Waals surface area (Å²) in [5.41, 5.74) is 4.52. The summed E-state index contributed by atoms with van der Waals surface area (Å²) in [4.78, 5) is 19.9. The van der Waals surface area contributed by atoms with E-state index in [9.17, 15) is 13.6 Å². The fourth-order valence-corrected chi connectivity index (χ4v) is 4.99. The van der Waals surface area contributed by atoms with Gasteiger partial charge in [-0.3, -0.25) is 4.79 Å². The Labute approximate surface area is 184 Å². The number of benzene rings is 2. The summed E-state index contributed by atoms with van der Waals surface area (Å²) in [5.74, 6) is -1.24. The number of rotatable bonds is 5. The maximum atomic E-state index is 13.8. The van der Waals surface area contributed by atoms with E-state index in [-0.39, 0.29) is 18.1 Å². The number of hydrogen-bond acceptors (Lipinski definition) is 4. The maximum Gasteiger partial charge on any atom is 0.266 e. The van der Waals surface area contributed by atoms with E-state index < -0.39 is 11.6 Å². The lowest BCUT2D eigenvalue weighted by Crippen LogP contribution is -2.44. The van der Waals surface area contributed by atoms with Crippen LogP contribution in [0.4, 0.5) is 8.78 Å². The summed E-state index contributed by atoms with van der Waals surface area (Å²) < 4.78 is 33.7. The average molecular weight is 443 g/mol. The Bertz CT molecular complexity index is 1060. The Kier molecular flexibility index (Phi) is 6.43. The quantitative estimate of drug-likeness (QED) is 0.503. The van der Waals surface area contributed by atoms with E-state index >= 15 is 0 Å². The molecule has 0 radical (unpaired) electrons. The third-order valence-corrected chi connectivity index (χ3v) is 6.64. The third kappa shape index (κ3) is 4.52. The number of amides is 1. The SMILES string of the molecule is CCN(C(=O)c1scnc1C)[C@H]1CCO[C@@H](c2ccccc2-c2cc(F)cc(F)c2)C1. The highest BCUT2D eigenvalue weighted by Gasteiger charge is 2.32. The molecule has 0 N–H and O–H groups in total. The lowest BCUT2D eigenvalue weighted by Gasteiger charge is -2.37. The smallest absolute Gasteiger partial charge is 0.266 e. The first-order chi connectivity index (χ1) is 15.0. The van der Waals surface area contributed by atoms with Crippen molar-refractivity contribution in [1.29, 1.82) is 0 Å². The first-order valence-corrected chi connectivity index (χ1v) is 11.2. The summed E-state index contributed by atoms with van der Waals surface area (Å²) in [6.45, 7) is 4.91. The van der Waals surface area contributed by atoms with Crippen LogP contribution in [0.1, 0.15) is 46.8 Å². The van der Waals surface area contributed by atoms with Crippen molar-refractivity contribution in [2.24, 2.45) is 0 Å². The van der Waals surface area contributed by atoms with E-state index in [1.165, 1.54) is 23.5 Å². The van der Waals surface area contributed by atoms with Gasteiger partial charge in [0.1, 0.15) is 16.5 Å². The van der Waals surface area contributed by atoms with Crippen LogP contribution in [0.25, 0.3) is 11.1 Å². The van der Waals surface area contributed by atoms with E-state index in [4.69, 9.17) is 4.74 Å². The molecule has 162 valence electrons. The van der Waals surface area contributed by atoms with Gasteiger partial charge in [0.05, 0.1) is 17.3 Å². The molecule has 1 amide bonds. The maximum absolute atomic E-state index is 13.8. The third-order valence-electron chi connectivity index (χ3n) is 5.72. The van der Waals surface area contributed by atoms with Crippen molar-refractivity contribution in [1.82, 2.24) is 9.88 Å². The Morgan fingerprint density at radius 3 is 2.65 bits per heavy atom. The average Bonchev–Trinajstić information content (AvgIpc) is 3.19. The molecule has 1 aliphatic heterocycles. The Morgan fingerprint density at radius 1 is 1.23 bits per heavy atom. The van der Waals surface area contributed by atoms with Crippen molar-refractivity contribution in [2.45, 2.75) is 38.8 Å². The molecule has 0 bridgehead atoms. The standard InChI is InChI=1S/C24H24F2N2O2S/c1-3-28(24(29)23-15(2)27-14-31-23)19-8-9-30-22(13-19)21-7-5-4-6-20(21)16-10-17(25)12-18(26)11-16/h4-7,10-12,14,19,22H,3,8-9,13H2,1-2H3/t19-,22+/m0/s1. The predicted molar refractivity (Wildman–Crippen MR) is 117 cm³/mol. The van der Waals surface area contributed by atoms with Crippen molar-refractivity contribution in [3.8, 4) is 11.1 Å². The first kappa shape index (κ1) is 21.6. The Morgan fingerprint density at radius 2 is 1.97 bits per heavy atom. The topological polar surface area (TPSA) is 42.4 Å². The van der Waals surface area contributed by atoms with Crippen LogP contribution in [0.15, 0.2) is 48.0 Å². The van der Waals surface area contributed by atoms with Crippen molar-refractivity contribution in [3.63, 3.8) is 0 Å². The molecule has 0 spiro atoms. The summed E-state index contributed by atoms with van der Waals surface area (Å²) in [6.07, 6.45) is 1.09. The van der Waals surface area contributed by atoms with Gasteiger partial charge >= 0.3 is 0 Å². The van der Waals surface area contributed by atoms with Gasteiger partial charge in [0.15, 0.2) is 0 Å². The second-order valence-electron chi connectivity index (χ2n) is 7.64. The van der Waals surface area contributed by atoms with Crippen LogP contribution < -0.4 is 0 Å².